The Hall–Kier alpha value is -3.55. The summed E-state index contributed by atoms with van der Waals surface area (Å²) >= 11 is 0. The molecule has 0 unspecified atom stereocenters. The van der Waals surface area contributed by atoms with E-state index in [0.717, 1.165) is 5.69 Å². The SMILES string of the molecule is CCC(=O)Nc1cc(N(CC)CCN2C(=O)c3ccccc3C2=O)ccc1N=N. The fraction of sp³-hybridized carbons (Fsp3) is 0.286. The number of amides is 3. The Morgan fingerprint density at radius 1 is 1.10 bits per heavy atom. The van der Waals surface area contributed by atoms with Gasteiger partial charge in [-0.05, 0) is 37.3 Å². The van der Waals surface area contributed by atoms with Crippen molar-refractivity contribution in [2.45, 2.75) is 20.3 Å². The number of nitrogens with one attached hydrogen (secondary N) is 2. The van der Waals surface area contributed by atoms with E-state index in [4.69, 9.17) is 5.53 Å². The molecule has 3 rings (SSSR count). The normalized spacial score (nSPS) is 12.7. The number of hydrogen-bond donors (Lipinski definition) is 2. The van der Waals surface area contributed by atoms with E-state index < -0.39 is 0 Å². The quantitative estimate of drug-likeness (QED) is 0.525. The van der Waals surface area contributed by atoms with Gasteiger partial charge < -0.3 is 10.2 Å². The van der Waals surface area contributed by atoms with E-state index in [1.807, 2.05) is 11.8 Å². The van der Waals surface area contributed by atoms with Gasteiger partial charge in [0.1, 0.15) is 5.69 Å². The lowest BCUT2D eigenvalue weighted by molar-refractivity contribution is -0.115. The maximum atomic E-state index is 12.5. The number of carbonyl (C=O) groups excluding carboxylic acids is 3. The van der Waals surface area contributed by atoms with Crippen LogP contribution in [0.4, 0.5) is 17.1 Å². The van der Waals surface area contributed by atoms with Gasteiger partial charge in [0.15, 0.2) is 0 Å². The minimum Gasteiger partial charge on any atom is -0.370 e. The molecule has 29 heavy (non-hydrogen) atoms. The molecule has 2 aromatic carbocycles. The third-order valence-corrected chi connectivity index (χ3v) is 4.91. The summed E-state index contributed by atoms with van der Waals surface area (Å²) in [5, 5.41) is 6.21. The van der Waals surface area contributed by atoms with Crippen molar-refractivity contribution in [2.24, 2.45) is 5.11 Å². The highest BCUT2D eigenvalue weighted by molar-refractivity contribution is 6.21. The molecule has 0 saturated carbocycles. The van der Waals surface area contributed by atoms with E-state index >= 15 is 0 Å². The van der Waals surface area contributed by atoms with E-state index in [9.17, 15) is 14.4 Å². The average Bonchev–Trinajstić information content (AvgIpc) is 2.99. The molecule has 1 aliphatic rings. The second-order valence-corrected chi connectivity index (χ2v) is 6.60. The molecule has 2 N–H and O–H groups in total. The zero-order valence-electron chi connectivity index (χ0n) is 16.4. The largest absolute Gasteiger partial charge is 0.370 e. The van der Waals surface area contributed by atoms with Gasteiger partial charge in [-0.25, -0.2) is 5.53 Å². The summed E-state index contributed by atoms with van der Waals surface area (Å²) in [5.74, 6) is -0.720. The first-order valence-corrected chi connectivity index (χ1v) is 9.51. The van der Waals surface area contributed by atoms with Crippen molar-refractivity contribution in [1.29, 1.82) is 5.53 Å². The zero-order chi connectivity index (χ0) is 21.0. The predicted molar refractivity (Wildman–Crippen MR) is 110 cm³/mol. The van der Waals surface area contributed by atoms with Gasteiger partial charge in [-0.3, -0.25) is 19.3 Å². The van der Waals surface area contributed by atoms with Crippen molar-refractivity contribution in [3.63, 3.8) is 0 Å². The van der Waals surface area contributed by atoms with Gasteiger partial charge in [0.05, 0.1) is 16.8 Å². The summed E-state index contributed by atoms with van der Waals surface area (Å²) in [6.07, 6.45) is 0.318. The molecule has 3 amide bonds. The Kier molecular flexibility index (Phi) is 6.01. The lowest BCUT2D eigenvalue weighted by Crippen LogP contribution is -2.38. The first kappa shape index (κ1) is 20.2. The van der Waals surface area contributed by atoms with Crippen molar-refractivity contribution < 1.29 is 14.4 Å². The molecule has 0 fully saturated rings. The molecule has 0 spiro atoms. The Bertz CT molecular complexity index is 938. The molecule has 0 radical (unpaired) electrons. The summed E-state index contributed by atoms with van der Waals surface area (Å²) in [6.45, 7) is 5.05. The van der Waals surface area contributed by atoms with Gasteiger partial charge in [0, 0.05) is 31.7 Å². The summed E-state index contributed by atoms with van der Waals surface area (Å²) in [4.78, 5) is 40.1. The summed E-state index contributed by atoms with van der Waals surface area (Å²) < 4.78 is 0. The van der Waals surface area contributed by atoms with Crippen molar-refractivity contribution >= 4 is 34.8 Å². The topological polar surface area (TPSA) is 106 Å². The number of rotatable bonds is 8. The van der Waals surface area contributed by atoms with Crippen LogP contribution in [0.2, 0.25) is 0 Å². The van der Waals surface area contributed by atoms with E-state index in [1.165, 1.54) is 4.90 Å². The molecular formula is C21H23N5O3. The van der Waals surface area contributed by atoms with Crippen LogP contribution in [-0.2, 0) is 4.79 Å². The van der Waals surface area contributed by atoms with Crippen LogP contribution in [0.5, 0.6) is 0 Å². The summed E-state index contributed by atoms with van der Waals surface area (Å²) in [6, 6.07) is 12.1. The standard InChI is InChI=1S/C21H23N5O3/c1-3-19(27)23-18-13-14(9-10-17(18)24-22)25(4-2)11-12-26-20(28)15-7-5-6-8-16(15)21(26)29/h5-10,13,22H,3-4,11-12H2,1-2H3,(H,23,27). The van der Waals surface area contributed by atoms with Crippen LogP contribution in [0.3, 0.4) is 0 Å². The second-order valence-electron chi connectivity index (χ2n) is 6.60. The van der Waals surface area contributed by atoms with E-state index in [-0.39, 0.29) is 24.3 Å². The summed E-state index contributed by atoms with van der Waals surface area (Å²) in [5.41, 5.74) is 9.80. The van der Waals surface area contributed by atoms with Crippen molar-refractivity contribution in [2.75, 3.05) is 29.9 Å². The van der Waals surface area contributed by atoms with Gasteiger partial charge in [-0.1, -0.05) is 19.1 Å². The molecule has 2 aromatic rings. The van der Waals surface area contributed by atoms with Gasteiger partial charge in [0.2, 0.25) is 5.91 Å². The maximum absolute atomic E-state index is 12.5. The lowest BCUT2D eigenvalue weighted by atomic mass is 10.1. The third-order valence-electron chi connectivity index (χ3n) is 4.91. The average molecular weight is 393 g/mol. The number of carbonyl (C=O) groups is 3. The van der Waals surface area contributed by atoms with E-state index in [2.05, 4.69) is 10.4 Å². The Morgan fingerprint density at radius 3 is 2.31 bits per heavy atom. The van der Waals surface area contributed by atoms with Crippen LogP contribution in [0.25, 0.3) is 0 Å². The highest BCUT2D eigenvalue weighted by Gasteiger charge is 2.34. The third kappa shape index (κ3) is 4.01. The minimum atomic E-state index is -0.277. The number of nitrogens with zero attached hydrogens (tertiary/aromatic N) is 3. The monoisotopic (exact) mass is 393 g/mol. The zero-order valence-corrected chi connectivity index (χ0v) is 16.4. The van der Waals surface area contributed by atoms with Crippen LogP contribution >= 0.6 is 0 Å². The fourth-order valence-corrected chi connectivity index (χ4v) is 3.29. The highest BCUT2D eigenvalue weighted by atomic mass is 16.2. The number of fused-ring (bicyclic) bond motifs is 1. The van der Waals surface area contributed by atoms with Crippen molar-refractivity contribution in [3.8, 4) is 0 Å². The summed E-state index contributed by atoms with van der Waals surface area (Å²) in [7, 11) is 0. The molecule has 0 bridgehead atoms. The smallest absolute Gasteiger partial charge is 0.261 e. The Morgan fingerprint density at radius 2 is 1.76 bits per heavy atom. The first-order valence-electron chi connectivity index (χ1n) is 9.51. The van der Waals surface area contributed by atoms with Gasteiger partial charge >= 0.3 is 0 Å². The van der Waals surface area contributed by atoms with Gasteiger partial charge in [0.25, 0.3) is 11.8 Å². The molecule has 8 heteroatoms. The minimum absolute atomic E-state index is 0.166. The van der Waals surface area contributed by atoms with Crippen LogP contribution in [0.1, 0.15) is 41.0 Å². The van der Waals surface area contributed by atoms with Crippen molar-refractivity contribution in [1.82, 2.24) is 4.90 Å². The maximum Gasteiger partial charge on any atom is 0.261 e. The van der Waals surface area contributed by atoms with E-state index in [1.54, 1.807) is 49.4 Å². The molecule has 0 atom stereocenters. The predicted octanol–water partition coefficient (Wildman–Crippen LogP) is 3.82. The van der Waals surface area contributed by atoms with Crippen LogP contribution < -0.4 is 10.2 Å². The van der Waals surface area contributed by atoms with Crippen LogP contribution in [0.15, 0.2) is 47.6 Å². The van der Waals surface area contributed by atoms with Crippen LogP contribution in [-0.4, -0.2) is 42.3 Å². The molecule has 0 aliphatic carbocycles. The highest BCUT2D eigenvalue weighted by Crippen LogP contribution is 2.30. The van der Waals surface area contributed by atoms with Crippen LogP contribution in [0, 0.1) is 5.53 Å². The lowest BCUT2D eigenvalue weighted by Gasteiger charge is -2.26. The number of hydrogen-bond acceptors (Lipinski definition) is 6. The molecular weight excluding hydrogens is 370 g/mol. The number of anilines is 2. The van der Waals surface area contributed by atoms with E-state index in [0.29, 0.717) is 42.0 Å². The first-order chi connectivity index (χ1) is 14.0. The Labute approximate surface area is 169 Å². The number of imide groups is 1. The molecule has 0 saturated heterocycles. The number of benzene rings is 2. The second kappa shape index (κ2) is 8.64. The molecule has 8 nitrogen and oxygen atoms in total. The van der Waals surface area contributed by atoms with Gasteiger partial charge in [-0.2, -0.15) is 5.11 Å². The Balaban J connectivity index is 1.76. The van der Waals surface area contributed by atoms with Gasteiger partial charge in [-0.15, -0.1) is 0 Å². The number of likely N-dealkylation sites (N-methyl/N-ethyl adjacent to an activating group) is 1. The molecule has 0 aromatic heterocycles. The van der Waals surface area contributed by atoms with Crippen molar-refractivity contribution in [3.05, 3.63) is 53.6 Å². The fourth-order valence-electron chi connectivity index (χ4n) is 3.29. The molecule has 1 heterocycles. The molecule has 150 valence electrons. The molecule has 1 aliphatic heterocycles.